The number of rotatable bonds is 13. The van der Waals surface area contributed by atoms with Crippen LogP contribution in [0.5, 0.6) is 0 Å². The van der Waals surface area contributed by atoms with Crippen LogP contribution in [0.3, 0.4) is 0 Å². The van der Waals surface area contributed by atoms with Crippen molar-refractivity contribution in [2.45, 2.75) is 192 Å². The molecule has 4 saturated heterocycles. The van der Waals surface area contributed by atoms with Crippen LogP contribution in [0.25, 0.3) is 0 Å². The molecule has 0 N–H and O–H groups in total. The molecule has 0 unspecified atom stereocenters. The number of fused-ring (bicyclic) bond motifs is 3. The number of methoxy groups -OCH3 is 1. The Morgan fingerprint density at radius 3 is 2.12 bits per heavy atom. The van der Waals surface area contributed by atoms with E-state index in [-0.39, 0.29) is 38.9 Å². The van der Waals surface area contributed by atoms with Crippen molar-refractivity contribution < 1.29 is 85.6 Å². The fraction of sp³-hybridized carbons (Fsp3) is 0.614. The number of hydrogen-bond donors (Lipinski definition) is 0. The smallest absolute Gasteiger partial charge is 0.488 e. The molecule has 4 fully saturated rings. The summed E-state index contributed by atoms with van der Waals surface area (Å²) in [7, 11) is 3.05. The number of carbonyl (C=O) groups is 5. The normalized spacial score (nSPS) is 35.9. The lowest BCUT2D eigenvalue weighted by molar-refractivity contribution is -0.316. The van der Waals surface area contributed by atoms with Gasteiger partial charge in [-0.15, -0.1) is 0 Å². The molecular weight excluding hydrogens is 1010 g/mol. The summed E-state index contributed by atoms with van der Waals surface area (Å²) >= 11 is 0. The Bertz CT molecular complexity index is 2600. The number of imidazole rings is 1. The first kappa shape index (κ1) is 57.9. The summed E-state index contributed by atoms with van der Waals surface area (Å²) in [5, 5.41) is 0. The summed E-state index contributed by atoms with van der Waals surface area (Å²) in [4.78, 5) is 74.8. The second kappa shape index (κ2) is 24.0. The summed E-state index contributed by atoms with van der Waals surface area (Å²) in [5.41, 5.74) is -1.66. The molecule has 0 aliphatic carbocycles. The van der Waals surface area contributed by atoms with Crippen molar-refractivity contribution in [1.82, 2.24) is 14.5 Å². The molecule has 21 nitrogen and oxygen atoms in total. The maximum atomic E-state index is 15.0. The van der Waals surface area contributed by atoms with Gasteiger partial charge in [0.15, 0.2) is 36.5 Å². The van der Waals surface area contributed by atoms with Gasteiger partial charge in [-0.2, -0.15) is 0 Å². The fourth-order valence-electron chi connectivity index (χ4n) is 11.9. The van der Waals surface area contributed by atoms with E-state index >= 15 is 0 Å². The van der Waals surface area contributed by atoms with Crippen molar-refractivity contribution in [3.63, 3.8) is 0 Å². The molecule has 21 heteroatoms. The highest BCUT2D eigenvalue weighted by molar-refractivity contribution is 5.73. The van der Waals surface area contributed by atoms with Crippen LogP contribution in [0, 0.1) is 17.8 Å². The van der Waals surface area contributed by atoms with Gasteiger partial charge in [0.25, 0.3) is 0 Å². The SMILES string of the molecule is CC[C@H]1OC(=O)[C@H](C)[C@@H](O[C@H]2C[C@@](C)(OC)[C@@H](OC(=O)n3ccnc3)[C@H](C)O2)[C@H](C)[C@@H](O[C@@H]2O[C@H](C)C[C@H](N(C)C(=O)OCc3ccccc3)[C@H]2OC(=O)OCc2ccccc2)[C@@]2(C)CC(C)=C(O2)[C@H](C)[C@H]2OC(=O)O[C@@]21C. The van der Waals surface area contributed by atoms with Crippen molar-refractivity contribution in [2.24, 2.45) is 17.8 Å². The van der Waals surface area contributed by atoms with Crippen LogP contribution < -0.4 is 0 Å². The van der Waals surface area contributed by atoms with E-state index in [1.165, 1.54) is 35.3 Å². The molecule has 2 aromatic carbocycles. The Labute approximate surface area is 455 Å². The van der Waals surface area contributed by atoms with Crippen LogP contribution in [0.2, 0.25) is 0 Å². The minimum atomic E-state index is -1.46. The number of cyclic esters (lactones) is 1. The highest BCUT2D eigenvalue weighted by Crippen LogP contribution is 2.50. The van der Waals surface area contributed by atoms with Gasteiger partial charge in [-0.05, 0) is 78.0 Å². The zero-order chi connectivity index (χ0) is 56.3. The van der Waals surface area contributed by atoms with E-state index < -0.39 is 132 Å². The van der Waals surface area contributed by atoms with Gasteiger partial charge in [0.05, 0.1) is 36.2 Å². The Morgan fingerprint density at radius 1 is 0.821 bits per heavy atom. The van der Waals surface area contributed by atoms with E-state index in [1.807, 2.05) is 90.1 Å². The number of carbonyl (C=O) groups excluding carboxylic acids is 5. The van der Waals surface area contributed by atoms with Gasteiger partial charge in [0.2, 0.25) is 0 Å². The van der Waals surface area contributed by atoms with E-state index in [9.17, 15) is 24.0 Å². The third-order valence-corrected chi connectivity index (χ3v) is 16.0. The van der Waals surface area contributed by atoms with Crippen LogP contribution in [-0.2, 0) is 79.6 Å². The standard InChI is InChI=1S/C57H75N3O18/c1-13-41-57(10)47(76-54(65)78-57)34(4)43-32(2)27-56(9,77-43)46(35(5)44(36(6)49(61)71-41)72-42-28-55(8,66-12)48(37(7)70-42)75-52(63)60-25-24-58-31-60)74-50-45(73-53(64)68-30-39-22-18-15-19-23-39)40(26-33(3)69-50)59(11)51(62)67-29-38-20-16-14-17-21-38/h14-25,31,33-37,40-42,44-48,50H,13,26-30H2,1-12H3/t33-,34+,35+,36-,37+,40+,41-,42+,44+,45-,46-,47-,48+,50+,55-,56-,57-/m1/s1. The van der Waals surface area contributed by atoms with E-state index in [0.29, 0.717) is 11.3 Å². The third kappa shape index (κ3) is 12.3. The van der Waals surface area contributed by atoms with Crippen LogP contribution in [0.1, 0.15) is 106 Å². The maximum absolute atomic E-state index is 15.0. The molecule has 1 aromatic heterocycles. The lowest BCUT2D eigenvalue weighted by Gasteiger charge is -2.49. The van der Waals surface area contributed by atoms with Crippen LogP contribution in [0.15, 0.2) is 90.7 Å². The molecule has 78 heavy (non-hydrogen) atoms. The second-order valence-electron chi connectivity index (χ2n) is 21.9. The summed E-state index contributed by atoms with van der Waals surface area (Å²) < 4.78 is 84.1. The average molecular weight is 1090 g/mol. The summed E-state index contributed by atoms with van der Waals surface area (Å²) in [6.07, 6.45) is -8.79. The molecule has 8 rings (SSSR count). The van der Waals surface area contributed by atoms with Crippen molar-refractivity contribution in [2.75, 3.05) is 14.2 Å². The predicted molar refractivity (Wildman–Crippen MR) is 275 cm³/mol. The molecule has 5 aliphatic heterocycles. The number of ether oxygens (including phenoxy) is 13. The Kier molecular flexibility index (Phi) is 17.8. The zero-order valence-corrected chi connectivity index (χ0v) is 46.5. The molecule has 6 heterocycles. The minimum absolute atomic E-state index is 0.0194. The van der Waals surface area contributed by atoms with Crippen LogP contribution in [-0.4, -0.2) is 143 Å². The van der Waals surface area contributed by atoms with Gasteiger partial charge < -0.3 is 66.5 Å². The molecule has 426 valence electrons. The van der Waals surface area contributed by atoms with Gasteiger partial charge in [0.1, 0.15) is 48.7 Å². The number of esters is 1. The molecular formula is C57H75N3O18. The van der Waals surface area contributed by atoms with Gasteiger partial charge in [0, 0.05) is 45.3 Å². The highest BCUT2D eigenvalue weighted by atomic mass is 16.8. The molecule has 2 bridgehead atoms. The third-order valence-electron chi connectivity index (χ3n) is 16.0. The van der Waals surface area contributed by atoms with Gasteiger partial charge in [-0.1, -0.05) is 81.4 Å². The number of benzene rings is 2. The molecule has 17 atom stereocenters. The number of likely N-dealkylation sites (N-methyl/N-ethyl adjacent to an activating group) is 1. The molecule has 0 radical (unpaired) electrons. The minimum Gasteiger partial charge on any atom is -0.488 e. The monoisotopic (exact) mass is 1090 g/mol. The quantitative estimate of drug-likeness (QED) is 0.115. The van der Waals surface area contributed by atoms with E-state index in [2.05, 4.69) is 4.98 Å². The Morgan fingerprint density at radius 2 is 1.49 bits per heavy atom. The fourth-order valence-corrected chi connectivity index (χ4v) is 11.9. The second-order valence-corrected chi connectivity index (χ2v) is 21.9. The number of nitrogens with zero attached hydrogens (tertiary/aromatic N) is 3. The van der Waals surface area contributed by atoms with Gasteiger partial charge >= 0.3 is 30.5 Å². The first-order chi connectivity index (χ1) is 37.1. The molecule has 3 aromatic rings. The zero-order valence-electron chi connectivity index (χ0n) is 46.5. The van der Waals surface area contributed by atoms with E-state index in [1.54, 1.807) is 46.9 Å². The first-order valence-electron chi connectivity index (χ1n) is 26.7. The van der Waals surface area contributed by atoms with E-state index in [0.717, 1.165) is 11.1 Å². The number of hydrogen-bond acceptors (Lipinski definition) is 19. The Hall–Kier alpha value is -6.26. The number of amides is 1. The maximum Gasteiger partial charge on any atom is 0.509 e. The summed E-state index contributed by atoms with van der Waals surface area (Å²) in [6, 6.07) is 17.4. The molecule has 5 aliphatic rings. The van der Waals surface area contributed by atoms with Crippen LogP contribution >= 0.6 is 0 Å². The molecule has 0 saturated carbocycles. The topological polar surface area (TPSA) is 226 Å². The highest BCUT2D eigenvalue weighted by Gasteiger charge is 2.61. The van der Waals surface area contributed by atoms with Crippen molar-refractivity contribution >= 4 is 30.5 Å². The van der Waals surface area contributed by atoms with E-state index in [4.69, 9.17) is 61.6 Å². The van der Waals surface area contributed by atoms with Gasteiger partial charge in [-0.3, -0.25) is 4.79 Å². The lowest BCUT2D eigenvalue weighted by Crippen LogP contribution is -2.62. The average Bonchev–Trinajstić information content (AvgIpc) is 4.35. The largest absolute Gasteiger partial charge is 0.509 e. The summed E-state index contributed by atoms with van der Waals surface area (Å²) in [5.74, 6) is -2.77. The Balaban J connectivity index is 1.18. The first-order valence-corrected chi connectivity index (χ1v) is 26.7. The predicted octanol–water partition coefficient (Wildman–Crippen LogP) is 9.03. The van der Waals surface area contributed by atoms with Gasteiger partial charge in [-0.25, -0.2) is 28.7 Å². The lowest BCUT2D eigenvalue weighted by atomic mass is 9.78. The number of aromatic nitrogens is 2. The van der Waals surface area contributed by atoms with Crippen molar-refractivity contribution in [3.05, 3.63) is 102 Å². The molecule has 0 spiro atoms. The van der Waals surface area contributed by atoms with Crippen molar-refractivity contribution in [1.29, 1.82) is 0 Å². The molecule has 1 amide bonds. The van der Waals surface area contributed by atoms with Crippen molar-refractivity contribution in [3.8, 4) is 0 Å². The van der Waals surface area contributed by atoms with Crippen LogP contribution in [0.4, 0.5) is 19.2 Å². The summed E-state index contributed by atoms with van der Waals surface area (Å²) in [6.45, 7) is 17.9.